The van der Waals surface area contributed by atoms with E-state index in [1.165, 1.54) is 11.3 Å². The molecular weight excluding hydrogens is 284 g/mol. The van der Waals surface area contributed by atoms with Crippen LogP contribution in [0.15, 0.2) is 5.38 Å². The van der Waals surface area contributed by atoms with Crippen LogP contribution in [-0.4, -0.2) is 47.9 Å². The quantitative estimate of drug-likeness (QED) is 0.810. The van der Waals surface area contributed by atoms with Crippen molar-refractivity contribution < 1.29 is 24.2 Å². The lowest BCUT2D eigenvalue weighted by Gasteiger charge is -2.21. The summed E-state index contributed by atoms with van der Waals surface area (Å²) >= 11 is 1.31. The second-order valence-electron chi connectivity index (χ2n) is 4.31. The maximum atomic E-state index is 11.9. The van der Waals surface area contributed by atoms with Crippen LogP contribution in [0.5, 0.6) is 0 Å². The molecule has 20 heavy (non-hydrogen) atoms. The highest BCUT2D eigenvalue weighted by atomic mass is 32.1. The van der Waals surface area contributed by atoms with Gasteiger partial charge in [0, 0.05) is 11.8 Å². The van der Waals surface area contributed by atoms with Crippen LogP contribution in [0.25, 0.3) is 0 Å². The number of hydrogen-bond acceptors (Lipinski definition) is 6. The van der Waals surface area contributed by atoms with Gasteiger partial charge in [-0.3, -0.25) is 14.9 Å². The van der Waals surface area contributed by atoms with E-state index >= 15 is 0 Å². The van der Waals surface area contributed by atoms with Crippen molar-refractivity contribution in [1.29, 1.82) is 0 Å². The Labute approximate surface area is 119 Å². The molecule has 1 aromatic heterocycles. The number of anilines is 1. The molecule has 7 nitrogen and oxygen atoms in total. The first-order valence-corrected chi connectivity index (χ1v) is 7.19. The number of carbonyl (C=O) groups excluding carboxylic acids is 1. The second kappa shape index (κ2) is 7.32. The number of thiazole rings is 1. The van der Waals surface area contributed by atoms with Gasteiger partial charge in [0.2, 0.25) is 0 Å². The lowest BCUT2D eigenvalue weighted by Crippen LogP contribution is -2.39. The van der Waals surface area contributed by atoms with Crippen molar-refractivity contribution >= 4 is 28.3 Å². The fourth-order valence-corrected chi connectivity index (χ4v) is 2.47. The molecule has 1 aliphatic rings. The normalized spacial score (nSPS) is 18.7. The molecule has 0 aliphatic carbocycles. The smallest absolute Gasteiger partial charge is 0.303 e. The highest BCUT2D eigenvalue weighted by molar-refractivity contribution is 7.13. The maximum Gasteiger partial charge on any atom is 0.303 e. The van der Waals surface area contributed by atoms with Gasteiger partial charge in [-0.2, -0.15) is 0 Å². The summed E-state index contributed by atoms with van der Waals surface area (Å²) in [6.07, 6.45) is 0.642. The minimum atomic E-state index is -0.816. The molecule has 110 valence electrons. The van der Waals surface area contributed by atoms with E-state index in [2.05, 4.69) is 10.3 Å². The number of amides is 1. The minimum absolute atomic E-state index is 0.118. The molecule has 2 rings (SSSR count). The average molecular weight is 300 g/mol. The predicted octanol–water partition coefficient (Wildman–Crippen LogP) is 0.904. The first kappa shape index (κ1) is 14.9. The zero-order valence-corrected chi connectivity index (χ0v) is 11.6. The predicted molar refractivity (Wildman–Crippen MR) is 71.9 cm³/mol. The van der Waals surface area contributed by atoms with Crippen LogP contribution in [0.4, 0.5) is 5.13 Å². The Kier molecular flexibility index (Phi) is 5.45. The summed E-state index contributed by atoms with van der Waals surface area (Å²) in [7, 11) is 0. The third-order valence-electron chi connectivity index (χ3n) is 2.71. The molecule has 2 N–H and O–H groups in total. The molecule has 8 heteroatoms. The summed E-state index contributed by atoms with van der Waals surface area (Å²) in [5, 5.41) is 13.5. The first-order chi connectivity index (χ1) is 9.65. The van der Waals surface area contributed by atoms with E-state index in [9.17, 15) is 9.59 Å². The number of carboxylic acid groups (broad SMARTS) is 1. The summed E-state index contributed by atoms with van der Waals surface area (Å²) in [6, 6.07) is 0. The van der Waals surface area contributed by atoms with Gasteiger partial charge in [0.15, 0.2) is 11.2 Å². The number of aryl methyl sites for hydroxylation is 1. The molecule has 1 amide bonds. The highest BCUT2D eigenvalue weighted by Crippen LogP contribution is 2.17. The van der Waals surface area contributed by atoms with Gasteiger partial charge in [0.05, 0.1) is 25.5 Å². The van der Waals surface area contributed by atoms with E-state index < -0.39 is 12.1 Å². The Morgan fingerprint density at radius 2 is 2.35 bits per heavy atom. The number of nitrogens with zero attached hydrogens (tertiary/aromatic N) is 1. The van der Waals surface area contributed by atoms with Gasteiger partial charge < -0.3 is 14.6 Å². The van der Waals surface area contributed by atoms with Crippen molar-refractivity contribution in [2.24, 2.45) is 0 Å². The summed E-state index contributed by atoms with van der Waals surface area (Å²) in [5.41, 5.74) is 0.785. The number of aromatic nitrogens is 1. The second-order valence-corrected chi connectivity index (χ2v) is 5.17. The van der Waals surface area contributed by atoms with Gasteiger partial charge in [-0.1, -0.05) is 0 Å². The number of carbonyl (C=O) groups is 2. The Balaban J connectivity index is 1.79. The van der Waals surface area contributed by atoms with Gasteiger partial charge in [0.25, 0.3) is 5.91 Å². The molecule has 2 heterocycles. The third kappa shape index (κ3) is 4.55. The van der Waals surface area contributed by atoms with E-state index in [0.717, 1.165) is 5.69 Å². The largest absolute Gasteiger partial charge is 0.481 e. The fraction of sp³-hybridized carbons (Fsp3) is 0.583. The zero-order chi connectivity index (χ0) is 14.4. The van der Waals surface area contributed by atoms with E-state index in [0.29, 0.717) is 31.2 Å². The minimum Gasteiger partial charge on any atom is -0.481 e. The molecular formula is C12H16N2O5S. The van der Waals surface area contributed by atoms with E-state index in [1.807, 2.05) is 5.38 Å². The van der Waals surface area contributed by atoms with Gasteiger partial charge in [-0.15, -0.1) is 11.3 Å². The molecule has 0 aromatic carbocycles. The molecule has 1 aromatic rings. The van der Waals surface area contributed by atoms with Crippen molar-refractivity contribution in [3.05, 3.63) is 11.1 Å². The van der Waals surface area contributed by atoms with Crippen LogP contribution in [-0.2, 0) is 25.5 Å². The van der Waals surface area contributed by atoms with Gasteiger partial charge >= 0.3 is 5.97 Å². The van der Waals surface area contributed by atoms with Crippen LogP contribution in [0.2, 0.25) is 0 Å². The maximum absolute atomic E-state index is 11.9. The summed E-state index contributed by atoms with van der Waals surface area (Å²) < 4.78 is 10.4. The molecule has 1 atom stereocenters. The van der Waals surface area contributed by atoms with Crippen molar-refractivity contribution in [3.8, 4) is 0 Å². The van der Waals surface area contributed by atoms with Crippen molar-refractivity contribution in [2.45, 2.75) is 25.4 Å². The Morgan fingerprint density at radius 3 is 3.05 bits per heavy atom. The van der Waals surface area contributed by atoms with Crippen LogP contribution in [0.1, 0.15) is 18.5 Å². The van der Waals surface area contributed by atoms with Crippen LogP contribution in [0.3, 0.4) is 0 Å². The number of aliphatic carboxylic acids is 1. The number of ether oxygens (including phenoxy) is 2. The van der Waals surface area contributed by atoms with E-state index in [1.54, 1.807) is 0 Å². The first-order valence-electron chi connectivity index (χ1n) is 6.31. The Hall–Kier alpha value is -1.51. The standard InChI is InChI=1S/C12H16N2O5S/c15-10(16)3-1-2-8-7-20-12(13-8)14-11(17)9-6-18-4-5-19-9/h7,9H,1-6H2,(H,15,16)(H,13,14,17). The molecule has 1 unspecified atom stereocenters. The van der Waals surface area contributed by atoms with E-state index in [-0.39, 0.29) is 18.9 Å². The average Bonchev–Trinajstić information content (AvgIpc) is 2.87. The fourth-order valence-electron chi connectivity index (χ4n) is 1.72. The van der Waals surface area contributed by atoms with Crippen molar-refractivity contribution in [1.82, 2.24) is 4.98 Å². The molecule has 1 aliphatic heterocycles. The van der Waals surface area contributed by atoms with Crippen molar-refractivity contribution in [3.63, 3.8) is 0 Å². The van der Waals surface area contributed by atoms with Crippen molar-refractivity contribution in [2.75, 3.05) is 25.1 Å². The summed E-state index contributed by atoms with van der Waals surface area (Å²) in [6.45, 7) is 1.17. The van der Waals surface area contributed by atoms with Gasteiger partial charge in [-0.25, -0.2) is 4.98 Å². The number of carboxylic acids is 1. The lowest BCUT2D eigenvalue weighted by molar-refractivity contribution is -0.142. The van der Waals surface area contributed by atoms with Crippen LogP contribution >= 0.6 is 11.3 Å². The Bertz CT molecular complexity index is 470. The Morgan fingerprint density at radius 1 is 1.50 bits per heavy atom. The topological polar surface area (TPSA) is 97.8 Å². The monoisotopic (exact) mass is 300 g/mol. The third-order valence-corrected chi connectivity index (χ3v) is 3.52. The number of rotatable bonds is 6. The van der Waals surface area contributed by atoms with Gasteiger partial charge in [-0.05, 0) is 12.8 Å². The molecule has 0 radical (unpaired) electrons. The molecule has 0 saturated carbocycles. The number of hydrogen-bond donors (Lipinski definition) is 2. The van der Waals surface area contributed by atoms with Crippen LogP contribution < -0.4 is 5.32 Å². The molecule has 1 fully saturated rings. The lowest BCUT2D eigenvalue weighted by atomic mass is 10.2. The van der Waals surface area contributed by atoms with E-state index in [4.69, 9.17) is 14.6 Å². The summed E-state index contributed by atoms with van der Waals surface area (Å²) in [5.74, 6) is -1.08. The number of nitrogens with one attached hydrogen (secondary N) is 1. The highest BCUT2D eigenvalue weighted by Gasteiger charge is 2.23. The molecule has 0 spiro atoms. The van der Waals surface area contributed by atoms with Crippen LogP contribution in [0, 0.1) is 0 Å². The molecule has 1 saturated heterocycles. The summed E-state index contributed by atoms with van der Waals surface area (Å²) in [4.78, 5) is 26.5. The molecule has 0 bridgehead atoms. The zero-order valence-electron chi connectivity index (χ0n) is 10.8. The van der Waals surface area contributed by atoms with Gasteiger partial charge in [0.1, 0.15) is 0 Å². The SMILES string of the molecule is O=C(O)CCCc1csc(NC(=O)C2COCCO2)n1.